The first-order chi connectivity index (χ1) is 11.1. The number of rotatable bonds is 13. The second-order valence-corrected chi connectivity index (χ2v) is 6.41. The van der Waals surface area contributed by atoms with Crippen LogP contribution >= 0.6 is 0 Å². The summed E-state index contributed by atoms with van der Waals surface area (Å²) in [5, 5.41) is 18.6. The molecule has 0 unspecified atom stereocenters. The Balaban J connectivity index is 2.00. The minimum absolute atomic E-state index is 0.0382. The summed E-state index contributed by atoms with van der Waals surface area (Å²) in [5.41, 5.74) is 0.479. The second-order valence-electron chi connectivity index (χ2n) is 6.41. The number of carbonyl (C=O) groups excluding carboxylic acids is 1. The summed E-state index contributed by atoms with van der Waals surface area (Å²) in [6.45, 7) is 2.25. The van der Waals surface area contributed by atoms with E-state index in [1.807, 2.05) is 0 Å². The van der Waals surface area contributed by atoms with Gasteiger partial charge in [0, 0.05) is 12.0 Å². The molecule has 0 heterocycles. The van der Waals surface area contributed by atoms with Crippen molar-refractivity contribution in [3.63, 3.8) is 0 Å². The highest BCUT2D eigenvalue weighted by Gasteiger charge is 2.08. The molecule has 0 aliphatic heterocycles. The Hall–Kier alpha value is -1.51. The zero-order chi connectivity index (χ0) is 16.9. The molecule has 130 valence electrons. The molecule has 0 saturated carbocycles. The Morgan fingerprint density at radius 1 is 0.783 bits per heavy atom. The van der Waals surface area contributed by atoms with Crippen LogP contribution in [0.2, 0.25) is 0 Å². The fraction of sp³-hybridized carbons (Fsp3) is 0.650. The molecule has 0 radical (unpaired) electrons. The number of phenolic OH excluding ortho intramolecular Hbond substituents is 2. The summed E-state index contributed by atoms with van der Waals surface area (Å²) in [7, 11) is 0. The molecule has 0 aliphatic rings. The molecule has 0 atom stereocenters. The second kappa shape index (κ2) is 12.0. The average molecular weight is 320 g/mol. The molecule has 2 N–H and O–H groups in total. The van der Waals surface area contributed by atoms with Crippen LogP contribution in [0.4, 0.5) is 0 Å². The lowest BCUT2D eigenvalue weighted by molar-refractivity contribution is 0.0978. The quantitative estimate of drug-likeness (QED) is 0.267. The van der Waals surface area contributed by atoms with E-state index >= 15 is 0 Å². The van der Waals surface area contributed by atoms with Crippen molar-refractivity contribution >= 4 is 5.78 Å². The van der Waals surface area contributed by atoms with Crippen molar-refractivity contribution in [1.82, 2.24) is 0 Å². The Morgan fingerprint density at radius 3 is 1.83 bits per heavy atom. The van der Waals surface area contributed by atoms with Gasteiger partial charge in [-0.1, -0.05) is 71.1 Å². The lowest BCUT2D eigenvalue weighted by Gasteiger charge is -2.04. The van der Waals surface area contributed by atoms with E-state index in [4.69, 9.17) is 0 Å². The van der Waals surface area contributed by atoms with Gasteiger partial charge in [0.25, 0.3) is 0 Å². The summed E-state index contributed by atoms with van der Waals surface area (Å²) in [6, 6.07) is 4.27. The number of unbranched alkanes of at least 4 members (excludes halogenated alkanes) is 10. The van der Waals surface area contributed by atoms with Crippen molar-refractivity contribution in [3.8, 4) is 11.5 Å². The minimum atomic E-state index is -0.227. The van der Waals surface area contributed by atoms with E-state index in [1.54, 1.807) is 6.07 Å². The normalized spacial score (nSPS) is 10.8. The van der Waals surface area contributed by atoms with Gasteiger partial charge in [-0.15, -0.1) is 0 Å². The Kier molecular flexibility index (Phi) is 10.2. The van der Waals surface area contributed by atoms with E-state index in [2.05, 4.69) is 6.92 Å². The molecule has 0 spiro atoms. The first-order valence-electron chi connectivity index (χ1n) is 9.20. The molecule has 0 aliphatic carbocycles. The fourth-order valence-corrected chi connectivity index (χ4v) is 2.79. The van der Waals surface area contributed by atoms with Crippen LogP contribution < -0.4 is 0 Å². The molecular formula is C20H32O3. The summed E-state index contributed by atoms with van der Waals surface area (Å²) in [4.78, 5) is 12.0. The topological polar surface area (TPSA) is 57.5 Å². The van der Waals surface area contributed by atoms with Gasteiger partial charge in [0.2, 0.25) is 0 Å². The predicted octanol–water partition coefficient (Wildman–Crippen LogP) is 5.98. The van der Waals surface area contributed by atoms with Crippen molar-refractivity contribution in [1.29, 1.82) is 0 Å². The molecule has 0 fully saturated rings. The van der Waals surface area contributed by atoms with E-state index < -0.39 is 0 Å². The van der Waals surface area contributed by atoms with Gasteiger partial charge in [-0.3, -0.25) is 4.79 Å². The molecule has 1 aromatic rings. The maximum Gasteiger partial charge on any atom is 0.163 e. The van der Waals surface area contributed by atoms with Gasteiger partial charge in [0.15, 0.2) is 17.3 Å². The number of phenols is 2. The zero-order valence-corrected chi connectivity index (χ0v) is 14.5. The third-order valence-corrected chi connectivity index (χ3v) is 4.30. The number of Topliss-reactive ketones (excluding diaryl/α,β-unsaturated/α-hetero) is 1. The zero-order valence-electron chi connectivity index (χ0n) is 14.5. The van der Waals surface area contributed by atoms with E-state index in [0.717, 1.165) is 12.8 Å². The Bertz CT molecular complexity index is 454. The van der Waals surface area contributed by atoms with Crippen LogP contribution in [0.25, 0.3) is 0 Å². The SMILES string of the molecule is CCCCCCCCCCCCCC(=O)c1ccc(O)c(O)c1. The lowest BCUT2D eigenvalue weighted by atomic mass is 10.0. The summed E-state index contributed by atoms with van der Waals surface area (Å²) in [5.74, 6) is -0.373. The first-order valence-corrected chi connectivity index (χ1v) is 9.20. The number of hydrogen-bond donors (Lipinski definition) is 2. The number of hydrogen-bond acceptors (Lipinski definition) is 3. The van der Waals surface area contributed by atoms with E-state index in [0.29, 0.717) is 12.0 Å². The van der Waals surface area contributed by atoms with Gasteiger partial charge in [-0.25, -0.2) is 0 Å². The van der Waals surface area contributed by atoms with Crippen LogP contribution in [0, 0.1) is 0 Å². The number of ketones is 1. The van der Waals surface area contributed by atoms with E-state index in [1.165, 1.54) is 69.9 Å². The van der Waals surface area contributed by atoms with Gasteiger partial charge in [-0.05, 0) is 24.6 Å². The van der Waals surface area contributed by atoms with Crippen LogP contribution in [-0.2, 0) is 0 Å². The van der Waals surface area contributed by atoms with Gasteiger partial charge in [-0.2, -0.15) is 0 Å². The van der Waals surface area contributed by atoms with Gasteiger partial charge < -0.3 is 10.2 Å². The summed E-state index contributed by atoms with van der Waals surface area (Å²) in [6.07, 6.45) is 14.4. The largest absolute Gasteiger partial charge is 0.504 e. The third-order valence-electron chi connectivity index (χ3n) is 4.30. The van der Waals surface area contributed by atoms with Crippen molar-refractivity contribution in [3.05, 3.63) is 23.8 Å². The molecule has 1 rings (SSSR count). The maximum atomic E-state index is 12.0. The van der Waals surface area contributed by atoms with Crippen molar-refractivity contribution in [2.45, 2.75) is 84.0 Å². The van der Waals surface area contributed by atoms with E-state index in [-0.39, 0.29) is 17.3 Å². The maximum absolute atomic E-state index is 12.0. The standard InChI is InChI=1S/C20H32O3/c1-2-3-4-5-6-7-8-9-10-11-12-13-18(21)17-14-15-19(22)20(23)16-17/h14-16,22-23H,2-13H2,1H3. The predicted molar refractivity (Wildman–Crippen MR) is 95.2 cm³/mol. The first kappa shape index (κ1) is 19.5. The number of aromatic hydroxyl groups is 2. The third kappa shape index (κ3) is 8.63. The lowest BCUT2D eigenvalue weighted by Crippen LogP contribution is -1.98. The van der Waals surface area contributed by atoms with Crippen LogP contribution in [0.5, 0.6) is 11.5 Å². The van der Waals surface area contributed by atoms with Crippen molar-refractivity contribution in [2.75, 3.05) is 0 Å². The molecule has 1 aromatic carbocycles. The van der Waals surface area contributed by atoms with Crippen molar-refractivity contribution in [2.24, 2.45) is 0 Å². The molecule has 3 heteroatoms. The molecule has 0 saturated heterocycles. The van der Waals surface area contributed by atoms with Crippen molar-refractivity contribution < 1.29 is 15.0 Å². The smallest absolute Gasteiger partial charge is 0.163 e. The van der Waals surface area contributed by atoms with Crippen LogP contribution in [0.3, 0.4) is 0 Å². The highest BCUT2D eigenvalue weighted by Crippen LogP contribution is 2.25. The van der Waals surface area contributed by atoms with Gasteiger partial charge in [0.05, 0.1) is 0 Å². The molecule has 3 nitrogen and oxygen atoms in total. The highest BCUT2D eigenvalue weighted by atomic mass is 16.3. The van der Waals surface area contributed by atoms with Crippen LogP contribution in [0.15, 0.2) is 18.2 Å². The van der Waals surface area contributed by atoms with Crippen LogP contribution in [0.1, 0.15) is 94.3 Å². The van der Waals surface area contributed by atoms with E-state index in [9.17, 15) is 15.0 Å². The molecule has 0 bridgehead atoms. The number of benzene rings is 1. The summed E-state index contributed by atoms with van der Waals surface area (Å²) >= 11 is 0. The number of carbonyl (C=O) groups is 1. The molecule has 23 heavy (non-hydrogen) atoms. The fourth-order valence-electron chi connectivity index (χ4n) is 2.79. The van der Waals surface area contributed by atoms with Gasteiger partial charge in [0.1, 0.15) is 0 Å². The average Bonchev–Trinajstić information content (AvgIpc) is 2.55. The van der Waals surface area contributed by atoms with Crippen LogP contribution in [-0.4, -0.2) is 16.0 Å². The Morgan fingerprint density at radius 2 is 1.30 bits per heavy atom. The molecular weight excluding hydrogens is 288 g/mol. The minimum Gasteiger partial charge on any atom is -0.504 e. The Labute approximate surface area is 140 Å². The van der Waals surface area contributed by atoms with Gasteiger partial charge >= 0.3 is 0 Å². The molecule has 0 aromatic heterocycles. The highest BCUT2D eigenvalue weighted by molar-refractivity contribution is 5.96. The molecule has 0 amide bonds. The monoisotopic (exact) mass is 320 g/mol. The summed E-state index contributed by atoms with van der Waals surface area (Å²) < 4.78 is 0.